The first-order valence-corrected chi connectivity index (χ1v) is 8.04. The fraction of sp³-hybridized carbons (Fsp3) is 0.214. The molecule has 0 aromatic carbocycles. The van der Waals surface area contributed by atoms with E-state index in [2.05, 4.69) is 15.6 Å². The Balaban J connectivity index is 2.12. The zero-order valence-electron chi connectivity index (χ0n) is 12.0. The van der Waals surface area contributed by atoms with Gasteiger partial charge in [-0.3, -0.25) is 0 Å². The van der Waals surface area contributed by atoms with Gasteiger partial charge in [-0.25, -0.2) is 9.78 Å². The number of esters is 1. The molecule has 0 aliphatic carbocycles. The number of hydrogen-bond acceptors (Lipinski definition) is 5. The van der Waals surface area contributed by atoms with Crippen molar-refractivity contribution >= 4 is 57.1 Å². The van der Waals surface area contributed by atoms with Crippen molar-refractivity contribution in [2.75, 3.05) is 17.7 Å². The molecule has 5 nitrogen and oxygen atoms in total. The maximum absolute atomic E-state index is 11.8. The number of aromatic nitrogens is 1. The van der Waals surface area contributed by atoms with Gasteiger partial charge in [-0.1, -0.05) is 18.5 Å². The van der Waals surface area contributed by atoms with Crippen LogP contribution in [0.3, 0.4) is 0 Å². The topological polar surface area (TPSA) is 63.2 Å². The lowest BCUT2D eigenvalue weighted by molar-refractivity contribution is 0.0602. The number of halogens is 1. The lowest BCUT2D eigenvalue weighted by Gasteiger charge is -2.09. The van der Waals surface area contributed by atoms with Crippen molar-refractivity contribution in [3.8, 4) is 0 Å². The standard InChI is InChI=1S/C14H14ClN3O2S2/c1-3-9-6-10(13(19)20-2)12(22-9)18-14(21)17-11-5-4-8(15)7-16-11/h4-7H,3H2,1-2H3,(H2,16,17,18,21). The Kier molecular flexibility index (Phi) is 5.70. The van der Waals surface area contributed by atoms with Gasteiger partial charge in [-0.05, 0) is 36.8 Å². The largest absolute Gasteiger partial charge is 0.465 e. The van der Waals surface area contributed by atoms with Gasteiger partial charge < -0.3 is 15.4 Å². The SMILES string of the molecule is CCc1cc(C(=O)OC)c(NC(=S)Nc2ccc(Cl)cn2)s1. The van der Waals surface area contributed by atoms with Crippen LogP contribution in [0.25, 0.3) is 0 Å². The fourth-order valence-electron chi connectivity index (χ4n) is 1.67. The zero-order chi connectivity index (χ0) is 16.1. The van der Waals surface area contributed by atoms with E-state index in [9.17, 15) is 4.79 Å². The van der Waals surface area contributed by atoms with Gasteiger partial charge in [0.1, 0.15) is 10.8 Å². The predicted molar refractivity (Wildman–Crippen MR) is 94.1 cm³/mol. The number of pyridine rings is 1. The van der Waals surface area contributed by atoms with Crippen LogP contribution in [0.4, 0.5) is 10.8 Å². The molecule has 116 valence electrons. The maximum atomic E-state index is 11.8. The number of nitrogens with one attached hydrogen (secondary N) is 2. The molecule has 0 radical (unpaired) electrons. The van der Waals surface area contributed by atoms with Gasteiger partial charge in [0.05, 0.1) is 17.7 Å². The average molecular weight is 356 g/mol. The molecule has 0 spiro atoms. The molecule has 0 unspecified atom stereocenters. The number of thiophene rings is 1. The number of thiocarbonyl (C=S) groups is 1. The van der Waals surface area contributed by atoms with Crippen molar-refractivity contribution in [3.63, 3.8) is 0 Å². The predicted octanol–water partition coefficient (Wildman–Crippen LogP) is 3.95. The van der Waals surface area contributed by atoms with Gasteiger partial charge in [0.25, 0.3) is 0 Å². The minimum absolute atomic E-state index is 0.337. The number of aryl methyl sites for hydroxylation is 1. The summed E-state index contributed by atoms with van der Waals surface area (Å²) in [4.78, 5) is 17.0. The lowest BCUT2D eigenvalue weighted by Crippen LogP contribution is -2.20. The fourth-order valence-corrected chi connectivity index (χ4v) is 3.04. The molecule has 0 amide bonds. The summed E-state index contributed by atoms with van der Waals surface area (Å²) in [5, 5.41) is 7.47. The normalized spacial score (nSPS) is 10.1. The summed E-state index contributed by atoms with van der Waals surface area (Å²) in [5.74, 6) is 0.166. The highest BCUT2D eigenvalue weighted by molar-refractivity contribution is 7.80. The molecule has 2 aromatic rings. The highest BCUT2D eigenvalue weighted by atomic mass is 35.5. The van der Waals surface area contributed by atoms with E-state index >= 15 is 0 Å². The van der Waals surface area contributed by atoms with E-state index in [1.807, 2.05) is 13.0 Å². The van der Waals surface area contributed by atoms with Crippen molar-refractivity contribution in [2.45, 2.75) is 13.3 Å². The minimum atomic E-state index is -0.397. The first-order valence-electron chi connectivity index (χ1n) is 6.44. The van der Waals surface area contributed by atoms with Crippen molar-refractivity contribution in [1.29, 1.82) is 0 Å². The molecule has 0 saturated carbocycles. The summed E-state index contributed by atoms with van der Waals surface area (Å²) >= 11 is 12.5. The van der Waals surface area contributed by atoms with Gasteiger partial charge >= 0.3 is 5.97 Å². The number of anilines is 2. The van der Waals surface area contributed by atoms with Crippen molar-refractivity contribution in [1.82, 2.24) is 4.98 Å². The molecular weight excluding hydrogens is 342 g/mol. The van der Waals surface area contributed by atoms with Gasteiger partial charge in [0.15, 0.2) is 5.11 Å². The summed E-state index contributed by atoms with van der Waals surface area (Å²) in [5.41, 5.74) is 0.470. The molecule has 0 aliphatic heterocycles. The molecule has 0 fully saturated rings. The van der Waals surface area contributed by atoms with Gasteiger partial charge in [0, 0.05) is 11.1 Å². The Hall–Kier alpha value is -1.70. The number of rotatable bonds is 4. The second kappa shape index (κ2) is 7.53. The molecule has 0 saturated heterocycles. The van der Waals surface area contributed by atoms with E-state index in [1.54, 1.807) is 12.1 Å². The minimum Gasteiger partial charge on any atom is -0.465 e. The number of hydrogen-bond donors (Lipinski definition) is 2. The Morgan fingerprint density at radius 1 is 1.45 bits per heavy atom. The van der Waals surface area contributed by atoms with Crippen LogP contribution in [0.2, 0.25) is 5.02 Å². The number of carbonyl (C=O) groups is 1. The molecule has 2 aromatic heterocycles. The second-order valence-corrected chi connectivity index (χ2v) is 6.22. The van der Waals surface area contributed by atoms with E-state index in [-0.39, 0.29) is 0 Å². The smallest absolute Gasteiger partial charge is 0.340 e. The monoisotopic (exact) mass is 355 g/mol. The van der Waals surface area contributed by atoms with Gasteiger partial charge in [-0.15, -0.1) is 11.3 Å². The number of methoxy groups -OCH3 is 1. The van der Waals surface area contributed by atoms with Gasteiger partial charge in [-0.2, -0.15) is 0 Å². The maximum Gasteiger partial charge on any atom is 0.340 e. The number of nitrogens with zero attached hydrogens (tertiary/aromatic N) is 1. The summed E-state index contributed by atoms with van der Waals surface area (Å²) in [6, 6.07) is 5.23. The highest BCUT2D eigenvalue weighted by Gasteiger charge is 2.17. The Bertz CT molecular complexity index is 686. The number of ether oxygens (including phenoxy) is 1. The van der Waals surface area contributed by atoms with E-state index in [4.69, 9.17) is 28.6 Å². The molecule has 0 bridgehead atoms. The highest BCUT2D eigenvalue weighted by Crippen LogP contribution is 2.29. The second-order valence-electron chi connectivity index (χ2n) is 4.24. The third-order valence-corrected chi connectivity index (χ3v) is 4.36. The molecule has 22 heavy (non-hydrogen) atoms. The first kappa shape index (κ1) is 16.7. The van der Waals surface area contributed by atoms with Crippen LogP contribution in [0, 0.1) is 0 Å². The van der Waals surface area contributed by atoms with Crippen molar-refractivity contribution in [3.05, 3.63) is 39.9 Å². The summed E-state index contributed by atoms with van der Waals surface area (Å²) in [6.07, 6.45) is 2.35. The van der Waals surface area contributed by atoms with Gasteiger partial charge in [0.2, 0.25) is 0 Å². The summed E-state index contributed by atoms with van der Waals surface area (Å²) in [6.45, 7) is 2.02. The molecule has 8 heteroatoms. The van der Waals surface area contributed by atoms with Crippen molar-refractivity contribution in [2.24, 2.45) is 0 Å². The van der Waals surface area contributed by atoms with E-state index in [0.29, 0.717) is 26.5 Å². The zero-order valence-corrected chi connectivity index (χ0v) is 14.4. The van der Waals surface area contributed by atoms with E-state index < -0.39 is 5.97 Å². The molecular formula is C14H14ClN3O2S2. The Morgan fingerprint density at radius 3 is 2.82 bits per heavy atom. The number of carbonyl (C=O) groups excluding carboxylic acids is 1. The van der Waals surface area contributed by atoms with E-state index in [1.165, 1.54) is 24.6 Å². The first-order chi connectivity index (χ1) is 10.5. The average Bonchev–Trinajstić information content (AvgIpc) is 2.91. The Labute approximate surface area is 142 Å². The van der Waals surface area contributed by atoms with Crippen molar-refractivity contribution < 1.29 is 9.53 Å². The lowest BCUT2D eigenvalue weighted by atomic mass is 10.2. The third-order valence-electron chi connectivity index (χ3n) is 2.73. The van der Waals surface area contributed by atoms with Crippen LogP contribution in [-0.4, -0.2) is 23.2 Å². The summed E-state index contributed by atoms with van der Waals surface area (Å²) < 4.78 is 4.78. The molecule has 2 rings (SSSR count). The van der Waals surface area contributed by atoms with Crippen LogP contribution < -0.4 is 10.6 Å². The quantitative estimate of drug-likeness (QED) is 0.639. The molecule has 2 heterocycles. The molecule has 0 aliphatic rings. The van der Waals surface area contributed by atoms with Crippen LogP contribution in [0.5, 0.6) is 0 Å². The van der Waals surface area contributed by atoms with E-state index in [0.717, 1.165) is 11.3 Å². The van der Waals surface area contributed by atoms with Crippen LogP contribution in [0.1, 0.15) is 22.2 Å². The molecule has 0 atom stereocenters. The van der Waals surface area contributed by atoms with Crippen LogP contribution in [0.15, 0.2) is 24.4 Å². The van der Waals surface area contributed by atoms with Crippen LogP contribution >= 0.6 is 35.2 Å². The third kappa shape index (κ3) is 4.16. The Morgan fingerprint density at radius 2 is 2.23 bits per heavy atom. The summed E-state index contributed by atoms with van der Waals surface area (Å²) in [7, 11) is 1.35. The van der Waals surface area contributed by atoms with Crippen LogP contribution in [-0.2, 0) is 11.2 Å². The molecule has 2 N–H and O–H groups in total.